The molecule has 4 rings (SSSR count). The smallest absolute Gasteiger partial charge is 0.254 e. The summed E-state index contributed by atoms with van der Waals surface area (Å²) in [6.45, 7) is 4.34. The van der Waals surface area contributed by atoms with Gasteiger partial charge in [0.2, 0.25) is 0 Å². The van der Waals surface area contributed by atoms with Crippen LogP contribution in [0.1, 0.15) is 29.8 Å². The molecule has 0 saturated carbocycles. The van der Waals surface area contributed by atoms with Gasteiger partial charge in [-0.2, -0.15) is 0 Å². The van der Waals surface area contributed by atoms with Crippen LogP contribution in [0, 0.1) is 0 Å². The maximum absolute atomic E-state index is 12.1. The molecule has 0 fully saturated rings. The Balaban J connectivity index is 1.65. The molecule has 0 bridgehead atoms. The first kappa shape index (κ1) is 17.2. The average Bonchev–Trinajstić information content (AvgIpc) is 3.21. The molecule has 0 atom stereocenters. The Hall–Kier alpha value is -3.26. The lowest BCUT2D eigenvalue weighted by molar-refractivity contribution is 0.0618. The third-order valence-electron chi connectivity index (χ3n) is 4.23. The number of fused-ring (bicyclic) bond motifs is 1. The van der Waals surface area contributed by atoms with Crippen molar-refractivity contribution in [2.24, 2.45) is 0 Å². The minimum absolute atomic E-state index is 0.0887. The Kier molecular flexibility index (Phi) is 4.12. The molecule has 0 unspecified atom stereocenters. The van der Waals surface area contributed by atoms with Gasteiger partial charge in [0.15, 0.2) is 5.82 Å². The summed E-state index contributed by atoms with van der Waals surface area (Å²) in [6, 6.07) is 11.2. The molecule has 27 heavy (non-hydrogen) atoms. The van der Waals surface area contributed by atoms with E-state index < -0.39 is 5.60 Å². The number of nitrogens with one attached hydrogen (secondary N) is 2. The van der Waals surface area contributed by atoms with Crippen LogP contribution < -0.4 is 10.6 Å². The Morgan fingerprint density at radius 3 is 2.89 bits per heavy atom. The predicted molar refractivity (Wildman–Crippen MR) is 100 cm³/mol. The standard InChI is InChI=1S/C19H20N6O2/c1-19(2,27)10-25-11-21-24-17(25)14-7-4-8-15(23-14)22-13-6-3-5-12-9-20-18(26)16(12)13/h3-8,11,27H,9-10H2,1-2H3,(H,20,26)(H,22,23). The van der Waals surface area contributed by atoms with Crippen molar-refractivity contribution in [1.29, 1.82) is 0 Å². The van der Waals surface area contributed by atoms with Crippen molar-refractivity contribution in [1.82, 2.24) is 25.1 Å². The van der Waals surface area contributed by atoms with E-state index in [1.54, 1.807) is 24.7 Å². The average molecular weight is 364 g/mol. The van der Waals surface area contributed by atoms with Crippen LogP contribution in [0.2, 0.25) is 0 Å². The minimum Gasteiger partial charge on any atom is -0.389 e. The van der Waals surface area contributed by atoms with Gasteiger partial charge in [0.05, 0.1) is 23.4 Å². The van der Waals surface area contributed by atoms with Crippen LogP contribution in [0.25, 0.3) is 11.5 Å². The van der Waals surface area contributed by atoms with Gasteiger partial charge in [0, 0.05) is 6.54 Å². The summed E-state index contributed by atoms with van der Waals surface area (Å²) in [5, 5.41) is 24.2. The second kappa shape index (κ2) is 6.48. The fourth-order valence-corrected chi connectivity index (χ4v) is 3.14. The Bertz CT molecular complexity index is 1010. The van der Waals surface area contributed by atoms with E-state index in [-0.39, 0.29) is 5.91 Å². The monoisotopic (exact) mass is 364 g/mol. The summed E-state index contributed by atoms with van der Waals surface area (Å²) in [5.41, 5.74) is 2.05. The van der Waals surface area contributed by atoms with Crippen LogP contribution >= 0.6 is 0 Å². The van der Waals surface area contributed by atoms with Gasteiger partial charge in [-0.1, -0.05) is 18.2 Å². The quantitative estimate of drug-likeness (QED) is 0.640. The third-order valence-corrected chi connectivity index (χ3v) is 4.23. The highest BCUT2D eigenvalue weighted by Gasteiger charge is 2.22. The molecule has 1 aliphatic heterocycles. The zero-order chi connectivity index (χ0) is 19.0. The highest BCUT2D eigenvalue weighted by atomic mass is 16.3. The van der Waals surface area contributed by atoms with E-state index in [1.165, 1.54) is 0 Å². The summed E-state index contributed by atoms with van der Waals surface area (Å²) in [6.07, 6.45) is 1.57. The number of nitrogens with zero attached hydrogens (tertiary/aromatic N) is 4. The lowest BCUT2D eigenvalue weighted by Crippen LogP contribution is -2.26. The number of rotatable bonds is 5. The number of amides is 1. The van der Waals surface area contributed by atoms with Crippen molar-refractivity contribution in [2.75, 3.05) is 5.32 Å². The number of carbonyl (C=O) groups is 1. The molecule has 3 heterocycles. The first-order valence-electron chi connectivity index (χ1n) is 8.65. The van der Waals surface area contributed by atoms with Crippen molar-refractivity contribution in [3.05, 3.63) is 53.9 Å². The number of anilines is 2. The Morgan fingerprint density at radius 2 is 2.07 bits per heavy atom. The van der Waals surface area contributed by atoms with Crippen molar-refractivity contribution < 1.29 is 9.90 Å². The van der Waals surface area contributed by atoms with E-state index in [1.807, 2.05) is 36.4 Å². The highest BCUT2D eigenvalue weighted by molar-refractivity contribution is 6.04. The Labute approximate surface area is 156 Å². The van der Waals surface area contributed by atoms with E-state index in [9.17, 15) is 9.90 Å². The van der Waals surface area contributed by atoms with E-state index in [2.05, 4.69) is 25.8 Å². The van der Waals surface area contributed by atoms with E-state index in [0.29, 0.717) is 41.7 Å². The minimum atomic E-state index is -0.898. The van der Waals surface area contributed by atoms with Crippen LogP contribution in [0.15, 0.2) is 42.7 Å². The number of carbonyl (C=O) groups excluding carboxylic acids is 1. The van der Waals surface area contributed by atoms with Gasteiger partial charge in [-0.15, -0.1) is 10.2 Å². The van der Waals surface area contributed by atoms with E-state index >= 15 is 0 Å². The third kappa shape index (κ3) is 3.52. The van der Waals surface area contributed by atoms with Crippen molar-refractivity contribution >= 4 is 17.4 Å². The topological polar surface area (TPSA) is 105 Å². The van der Waals surface area contributed by atoms with Crippen LogP contribution in [0.4, 0.5) is 11.5 Å². The van der Waals surface area contributed by atoms with Crippen LogP contribution in [-0.2, 0) is 13.1 Å². The van der Waals surface area contributed by atoms with Crippen LogP contribution in [0.3, 0.4) is 0 Å². The van der Waals surface area contributed by atoms with Crippen LogP contribution in [-0.4, -0.2) is 36.4 Å². The summed E-state index contributed by atoms with van der Waals surface area (Å²) in [4.78, 5) is 16.7. The molecule has 3 N–H and O–H groups in total. The number of benzene rings is 1. The molecule has 0 spiro atoms. The van der Waals surface area contributed by atoms with Crippen LogP contribution in [0.5, 0.6) is 0 Å². The number of pyridine rings is 1. The molecule has 1 aromatic carbocycles. The van der Waals surface area contributed by atoms with E-state index in [0.717, 1.165) is 5.56 Å². The molecule has 0 aliphatic carbocycles. The zero-order valence-corrected chi connectivity index (χ0v) is 15.1. The van der Waals surface area contributed by atoms with Gasteiger partial charge in [-0.05, 0) is 37.6 Å². The number of aromatic nitrogens is 4. The lowest BCUT2D eigenvalue weighted by atomic mass is 10.1. The van der Waals surface area contributed by atoms with Gasteiger partial charge in [0.1, 0.15) is 17.8 Å². The second-order valence-corrected chi connectivity index (χ2v) is 7.15. The number of hydrogen-bond acceptors (Lipinski definition) is 6. The maximum atomic E-state index is 12.1. The molecule has 3 aromatic rings. The molecule has 8 nitrogen and oxygen atoms in total. The molecule has 138 valence electrons. The molecule has 2 aromatic heterocycles. The number of aliphatic hydroxyl groups is 1. The number of hydrogen-bond donors (Lipinski definition) is 3. The van der Waals surface area contributed by atoms with Crippen molar-refractivity contribution in [2.45, 2.75) is 32.5 Å². The largest absolute Gasteiger partial charge is 0.389 e. The predicted octanol–water partition coefficient (Wildman–Crippen LogP) is 2.10. The molecule has 8 heteroatoms. The first-order valence-corrected chi connectivity index (χ1v) is 8.65. The lowest BCUT2D eigenvalue weighted by Gasteiger charge is -2.18. The van der Waals surface area contributed by atoms with Gasteiger partial charge < -0.3 is 20.3 Å². The van der Waals surface area contributed by atoms with Gasteiger partial charge in [-0.25, -0.2) is 4.98 Å². The summed E-state index contributed by atoms with van der Waals surface area (Å²) in [5.74, 6) is 1.07. The zero-order valence-electron chi connectivity index (χ0n) is 15.1. The van der Waals surface area contributed by atoms with Gasteiger partial charge in [-0.3, -0.25) is 4.79 Å². The van der Waals surface area contributed by atoms with Crippen molar-refractivity contribution in [3.8, 4) is 11.5 Å². The molecule has 0 radical (unpaired) electrons. The maximum Gasteiger partial charge on any atom is 0.254 e. The normalized spacial score (nSPS) is 13.4. The molecule has 1 amide bonds. The SMILES string of the molecule is CC(C)(O)Cn1cnnc1-c1cccc(Nc2cccc3c2C(=O)NC3)n1. The summed E-state index contributed by atoms with van der Waals surface area (Å²) < 4.78 is 1.76. The second-order valence-electron chi connectivity index (χ2n) is 7.15. The molecular formula is C19H20N6O2. The first-order chi connectivity index (χ1) is 12.9. The fraction of sp³-hybridized carbons (Fsp3) is 0.263. The highest BCUT2D eigenvalue weighted by Crippen LogP contribution is 2.27. The van der Waals surface area contributed by atoms with E-state index in [4.69, 9.17) is 0 Å². The molecule has 1 aliphatic rings. The van der Waals surface area contributed by atoms with Gasteiger partial charge in [0.25, 0.3) is 5.91 Å². The fourth-order valence-electron chi connectivity index (χ4n) is 3.14. The van der Waals surface area contributed by atoms with Gasteiger partial charge >= 0.3 is 0 Å². The summed E-state index contributed by atoms with van der Waals surface area (Å²) >= 11 is 0. The van der Waals surface area contributed by atoms with Crippen molar-refractivity contribution in [3.63, 3.8) is 0 Å². The molecular weight excluding hydrogens is 344 g/mol. The Morgan fingerprint density at radius 1 is 1.26 bits per heavy atom. The summed E-state index contributed by atoms with van der Waals surface area (Å²) in [7, 11) is 0. The molecule has 0 saturated heterocycles.